The van der Waals surface area contributed by atoms with Crippen LogP contribution in [0.1, 0.15) is 10.4 Å². The van der Waals surface area contributed by atoms with E-state index < -0.39 is 46.4 Å². The van der Waals surface area contributed by atoms with Crippen molar-refractivity contribution < 1.29 is 19.3 Å². The summed E-state index contributed by atoms with van der Waals surface area (Å²) in [5, 5.41) is 17.4. The largest absolute Gasteiger partial charge is 0.292 e. The van der Waals surface area contributed by atoms with Gasteiger partial charge in [0.15, 0.2) is 5.78 Å². The Kier molecular flexibility index (Phi) is 4.63. The Bertz CT molecular complexity index is 1230. The molecule has 3 aliphatic heterocycles. The van der Waals surface area contributed by atoms with E-state index in [0.29, 0.717) is 10.7 Å². The molecule has 0 aliphatic carbocycles. The Morgan fingerprint density at radius 3 is 2.50 bits per heavy atom. The third kappa shape index (κ3) is 2.93. The number of carbonyl (C=O) groups excluding carboxylic acids is 3. The van der Waals surface area contributed by atoms with E-state index >= 15 is 0 Å². The van der Waals surface area contributed by atoms with Crippen molar-refractivity contribution in [2.75, 3.05) is 4.90 Å². The van der Waals surface area contributed by atoms with Gasteiger partial charge in [-0.05, 0) is 30.3 Å². The Morgan fingerprint density at radius 1 is 1.06 bits per heavy atom. The summed E-state index contributed by atoms with van der Waals surface area (Å²) in [6, 6.07) is 9.98. The van der Waals surface area contributed by atoms with Crippen molar-refractivity contribution in [3.63, 3.8) is 0 Å². The van der Waals surface area contributed by atoms with E-state index in [1.54, 1.807) is 36.4 Å². The molecule has 160 valence electrons. The third-order valence-electron chi connectivity index (χ3n) is 5.99. The molecular weight excluding hydrogens is 436 g/mol. The summed E-state index contributed by atoms with van der Waals surface area (Å²) in [5.41, 5.74) is 0.217. The van der Waals surface area contributed by atoms with Crippen LogP contribution in [-0.2, 0) is 9.59 Å². The van der Waals surface area contributed by atoms with E-state index in [4.69, 9.17) is 11.6 Å². The number of imide groups is 1. The summed E-state index contributed by atoms with van der Waals surface area (Å²) < 4.78 is 0. The number of anilines is 1. The minimum absolute atomic E-state index is 0.0820. The third-order valence-corrected chi connectivity index (χ3v) is 6.24. The lowest BCUT2D eigenvalue weighted by atomic mass is 9.86. The van der Waals surface area contributed by atoms with E-state index in [9.17, 15) is 24.5 Å². The molecule has 0 spiro atoms. The highest BCUT2D eigenvalue weighted by atomic mass is 35.5. The van der Waals surface area contributed by atoms with E-state index in [1.165, 1.54) is 35.5 Å². The minimum Gasteiger partial charge on any atom is -0.292 e. The molecule has 32 heavy (non-hydrogen) atoms. The summed E-state index contributed by atoms with van der Waals surface area (Å²) in [6.07, 6.45) is 4.89. The van der Waals surface area contributed by atoms with Crippen molar-refractivity contribution >= 4 is 46.8 Å². The number of rotatable bonds is 4. The van der Waals surface area contributed by atoms with Gasteiger partial charge in [0.2, 0.25) is 11.8 Å². The first kappa shape index (κ1) is 20.1. The van der Waals surface area contributed by atoms with Crippen molar-refractivity contribution in [3.05, 3.63) is 81.4 Å². The highest BCUT2D eigenvalue weighted by Crippen LogP contribution is 2.46. The maximum absolute atomic E-state index is 13.5. The van der Waals surface area contributed by atoms with E-state index in [-0.39, 0.29) is 11.3 Å². The summed E-state index contributed by atoms with van der Waals surface area (Å²) >= 11 is 5.93. The fourth-order valence-electron chi connectivity index (χ4n) is 4.63. The van der Waals surface area contributed by atoms with E-state index in [2.05, 4.69) is 5.10 Å². The van der Waals surface area contributed by atoms with Gasteiger partial charge in [0.25, 0.3) is 5.69 Å². The number of fused-ring (bicyclic) bond motifs is 3. The van der Waals surface area contributed by atoms with Crippen LogP contribution in [0.3, 0.4) is 0 Å². The fourth-order valence-corrected chi connectivity index (χ4v) is 4.75. The van der Waals surface area contributed by atoms with Gasteiger partial charge >= 0.3 is 0 Å². The zero-order valence-electron chi connectivity index (χ0n) is 16.4. The lowest BCUT2D eigenvalue weighted by molar-refractivity contribution is -0.384. The number of hydrogen-bond donors (Lipinski definition) is 0. The first-order valence-electron chi connectivity index (χ1n) is 9.79. The molecule has 10 heteroatoms. The number of nitrogens with zero attached hydrogens (tertiary/aromatic N) is 4. The quantitative estimate of drug-likeness (QED) is 0.306. The predicted octanol–water partition coefficient (Wildman–Crippen LogP) is 2.85. The predicted molar refractivity (Wildman–Crippen MR) is 115 cm³/mol. The molecule has 2 amide bonds. The molecule has 3 heterocycles. The van der Waals surface area contributed by atoms with E-state index in [1.807, 2.05) is 0 Å². The number of nitro groups is 1. The molecule has 2 aromatic rings. The van der Waals surface area contributed by atoms with Crippen molar-refractivity contribution in [1.29, 1.82) is 0 Å². The molecular formula is C22H15ClN4O5. The summed E-state index contributed by atoms with van der Waals surface area (Å²) in [7, 11) is 0. The number of nitro benzene ring substituents is 1. The van der Waals surface area contributed by atoms with Crippen molar-refractivity contribution in [2.24, 2.45) is 16.9 Å². The fraction of sp³-hybridized carbons (Fsp3) is 0.182. The Balaban J connectivity index is 1.57. The van der Waals surface area contributed by atoms with Crippen LogP contribution < -0.4 is 4.90 Å². The van der Waals surface area contributed by atoms with Gasteiger partial charge in [-0.3, -0.25) is 29.5 Å². The molecule has 0 N–H and O–H groups in total. The zero-order valence-corrected chi connectivity index (χ0v) is 17.1. The first-order chi connectivity index (χ1) is 15.4. The van der Waals surface area contributed by atoms with E-state index in [0.717, 1.165) is 4.90 Å². The number of benzene rings is 2. The molecule has 0 radical (unpaired) electrons. The van der Waals surface area contributed by atoms with Crippen molar-refractivity contribution in [3.8, 4) is 0 Å². The average Bonchev–Trinajstić information content (AvgIpc) is 3.27. The molecule has 4 atom stereocenters. The highest BCUT2D eigenvalue weighted by Gasteiger charge is 2.64. The maximum atomic E-state index is 13.5. The minimum atomic E-state index is -1.07. The van der Waals surface area contributed by atoms with Crippen LogP contribution in [0.25, 0.3) is 0 Å². The van der Waals surface area contributed by atoms with Crippen LogP contribution in [0.4, 0.5) is 11.4 Å². The van der Waals surface area contributed by atoms with Gasteiger partial charge in [-0.2, -0.15) is 5.10 Å². The van der Waals surface area contributed by atoms with Gasteiger partial charge < -0.3 is 0 Å². The molecule has 0 unspecified atom stereocenters. The zero-order chi connectivity index (χ0) is 22.6. The van der Waals surface area contributed by atoms with Gasteiger partial charge in [0, 0.05) is 28.9 Å². The lowest BCUT2D eigenvalue weighted by Crippen LogP contribution is -2.46. The number of allylic oxidation sites excluding steroid dienone is 1. The van der Waals surface area contributed by atoms with Crippen LogP contribution in [0.5, 0.6) is 0 Å². The number of hydrogen-bond acceptors (Lipinski definition) is 7. The number of hydrazone groups is 1. The number of Topliss-reactive ketones (excluding diaryl/α,β-unsaturated/α-hetero) is 1. The second kappa shape index (κ2) is 7.38. The standard InChI is InChI=1S/C22H15ClN4O5/c23-13-6-8-14(9-7-13)25-21(29)17-16-5-2-10-24-26(16)19(18(17)22(25)30)20(28)12-3-1-4-15(11-12)27(31)32/h1-11,16-19H/t16-,17+,18-,19+/m1/s1. The van der Waals surface area contributed by atoms with Gasteiger partial charge in [-0.15, -0.1) is 0 Å². The average molecular weight is 451 g/mol. The highest BCUT2D eigenvalue weighted by molar-refractivity contribution is 6.31. The second-order valence-electron chi connectivity index (χ2n) is 7.68. The Hall–Kier alpha value is -3.85. The molecule has 0 bridgehead atoms. The summed E-state index contributed by atoms with van der Waals surface area (Å²) in [6.45, 7) is 0. The molecule has 2 aromatic carbocycles. The summed E-state index contributed by atoms with van der Waals surface area (Å²) in [5.74, 6) is -3.22. The first-order valence-corrected chi connectivity index (χ1v) is 10.2. The van der Waals surface area contributed by atoms with Gasteiger partial charge in [0.1, 0.15) is 6.04 Å². The molecule has 3 aliphatic rings. The monoisotopic (exact) mass is 450 g/mol. The van der Waals surface area contributed by atoms with Gasteiger partial charge in [-0.25, -0.2) is 4.90 Å². The van der Waals surface area contributed by atoms with Gasteiger partial charge in [-0.1, -0.05) is 29.8 Å². The molecule has 0 saturated carbocycles. The number of non-ortho nitro benzene ring substituents is 1. The maximum Gasteiger partial charge on any atom is 0.270 e. The Morgan fingerprint density at radius 2 is 1.78 bits per heavy atom. The van der Waals surface area contributed by atoms with Crippen LogP contribution in [0.2, 0.25) is 5.02 Å². The van der Waals surface area contributed by atoms with Gasteiger partial charge in [0.05, 0.1) is 28.5 Å². The lowest BCUT2D eigenvalue weighted by Gasteiger charge is -2.30. The summed E-state index contributed by atoms with van der Waals surface area (Å²) in [4.78, 5) is 52.0. The van der Waals surface area contributed by atoms with Crippen LogP contribution in [-0.4, -0.2) is 45.8 Å². The van der Waals surface area contributed by atoms with Crippen LogP contribution in [0, 0.1) is 22.0 Å². The normalized spacial score (nSPS) is 25.8. The Labute approximate surface area is 186 Å². The molecule has 9 nitrogen and oxygen atoms in total. The molecule has 2 saturated heterocycles. The second-order valence-corrected chi connectivity index (χ2v) is 8.11. The number of carbonyl (C=O) groups is 3. The van der Waals surface area contributed by atoms with Crippen molar-refractivity contribution in [1.82, 2.24) is 5.01 Å². The smallest absolute Gasteiger partial charge is 0.270 e. The number of halogens is 1. The van der Waals surface area contributed by atoms with Crippen molar-refractivity contribution in [2.45, 2.75) is 12.1 Å². The number of amides is 2. The number of ketones is 1. The molecule has 2 fully saturated rings. The van der Waals surface area contributed by atoms with Crippen LogP contribution >= 0.6 is 11.6 Å². The van der Waals surface area contributed by atoms with Crippen LogP contribution in [0.15, 0.2) is 65.8 Å². The molecule has 0 aromatic heterocycles. The topological polar surface area (TPSA) is 113 Å². The molecule has 5 rings (SSSR count). The SMILES string of the molecule is O=C(c1cccc([N+](=O)[O-])c1)[C@@H]1[C@@H]2C(=O)N(c3ccc(Cl)cc3)C(=O)[C@H]2[C@H]2C=CC=NN21.